The van der Waals surface area contributed by atoms with Gasteiger partial charge < -0.3 is 15.1 Å². The van der Waals surface area contributed by atoms with E-state index in [2.05, 4.69) is 25.2 Å². The number of aromatic nitrogens is 4. The van der Waals surface area contributed by atoms with Gasteiger partial charge in [0.05, 0.1) is 17.4 Å². The molecule has 2 aliphatic heterocycles. The van der Waals surface area contributed by atoms with E-state index in [9.17, 15) is 9.59 Å². The summed E-state index contributed by atoms with van der Waals surface area (Å²) in [6, 6.07) is 5.59. The fourth-order valence-electron chi connectivity index (χ4n) is 4.43. The van der Waals surface area contributed by atoms with Crippen molar-refractivity contribution in [3.8, 4) is 0 Å². The molecule has 30 heavy (non-hydrogen) atoms. The van der Waals surface area contributed by atoms with Gasteiger partial charge in [0.2, 0.25) is 5.95 Å². The standard InChI is InChI=1S/C21H23N7O2/c1-3-26-12-24-17-14(19(26)29)7-4-8-16(17)28-11-13-6-5-9-27(13)18-15(20(28)30)10-23-21(22-2)25-18/h4,7-8,10,12-13H,3,5-6,9,11H2,1-2H3,(H,22,23,25)/t13-/m0/s1. The number of benzene rings is 1. The Labute approximate surface area is 173 Å². The Kier molecular flexibility index (Phi) is 4.38. The molecule has 1 atom stereocenters. The van der Waals surface area contributed by atoms with Crippen molar-refractivity contribution in [2.75, 3.05) is 35.3 Å². The van der Waals surface area contributed by atoms with E-state index >= 15 is 0 Å². The molecule has 4 heterocycles. The average Bonchev–Trinajstić information content (AvgIpc) is 3.21. The van der Waals surface area contributed by atoms with Crippen LogP contribution in [0.2, 0.25) is 0 Å². The van der Waals surface area contributed by atoms with Crippen LogP contribution in [-0.4, -0.2) is 51.6 Å². The second-order valence-corrected chi connectivity index (χ2v) is 7.60. The SMILES string of the molecule is CCn1cnc2c(N3C[C@@H]4CCCN4c4nc(NC)ncc4C3=O)cccc2c1=O. The predicted octanol–water partition coefficient (Wildman–Crippen LogP) is 1.88. The number of aryl methyl sites for hydroxylation is 1. The number of carbonyl (C=O) groups excluding carboxylic acids is 1. The molecule has 2 aliphatic rings. The highest BCUT2D eigenvalue weighted by Crippen LogP contribution is 2.35. The van der Waals surface area contributed by atoms with Crippen molar-refractivity contribution >= 4 is 34.3 Å². The van der Waals surface area contributed by atoms with E-state index in [0.29, 0.717) is 47.0 Å². The molecule has 1 amide bonds. The maximum absolute atomic E-state index is 13.6. The molecular weight excluding hydrogens is 382 g/mol. The van der Waals surface area contributed by atoms with Crippen LogP contribution in [0.1, 0.15) is 30.1 Å². The minimum atomic E-state index is -0.170. The number of carbonyl (C=O) groups is 1. The second kappa shape index (κ2) is 7.08. The maximum atomic E-state index is 13.6. The molecule has 0 radical (unpaired) electrons. The third-order valence-corrected chi connectivity index (χ3v) is 5.97. The van der Waals surface area contributed by atoms with E-state index in [1.165, 1.54) is 0 Å². The van der Waals surface area contributed by atoms with Crippen molar-refractivity contribution < 1.29 is 4.79 Å². The number of anilines is 3. The molecule has 3 aromatic rings. The monoisotopic (exact) mass is 405 g/mol. The minimum Gasteiger partial charge on any atom is -0.357 e. The zero-order valence-corrected chi connectivity index (χ0v) is 17.0. The van der Waals surface area contributed by atoms with E-state index in [1.54, 1.807) is 35.1 Å². The Bertz CT molecular complexity index is 1210. The van der Waals surface area contributed by atoms with Gasteiger partial charge in [-0.1, -0.05) is 6.07 Å². The first-order valence-corrected chi connectivity index (χ1v) is 10.2. The van der Waals surface area contributed by atoms with Gasteiger partial charge in [-0.05, 0) is 31.9 Å². The van der Waals surface area contributed by atoms with Gasteiger partial charge in [-0.3, -0.25) is 14.2 Å². The first-order chi connectivity index (χ1) is 14.6. The lowest BCUT2D eigenvalue weighted by Gasteiger charge is -2.27. The number of rotatable bonds is 3. The summed E-state index contributed by atoms with van der Waals surface area (Å²) in [6.07, 6.45) is 5.16. The third-order valence-electron chi connectivity index (χ3n) is 5.97. The molecule has 0 bridgehead atoms. The molecule has 0 aliphatic carbocycles. The lowest BCUT2D eigenvalue weighted by Crippen LogP contribution is -2.40. The van der Waals surface area contributed by atoms with E-state index < -0.39 is 0 Å². The van der Waals surface area contributed by atoms with E-state index in [0.717, 1.165) is 19.4 Å². The van der Waals surface area contributed by atoms with Gasteiger partial charge >= 0.3 is 0 Å². The molecule has 2 aromatic heterocycles. The number of hydrogen-bond donors (Lipinski definition) is 1. The van der Waals surface area contributed by atoms with Crippen molar-refractivity contribution in [1.82, 2.24) is 19.5 Å². The fourth-order valence-corrected chi connectivity index (χ4v) is 4.43. The molecule has 154 valence electrons. The molecule has 9 heteroatoms. The van der Waals surface area contributed by atoms with Crippen LogP contribution < -0.4 is 20.7 Å². The van der Waals surface area contributed by atoms with E-state index in [1.807, 2.05) is 19.1 Å². The van der Waals surface area contributed by atoms with Gasteiger partial charge in [-0.15, -0.1) is 0 Å². The highest BCUT2D eigenvalue weighted by molar-refractivity contribution is 6.13. The molecule has 0 spiro atoms. The summed E-state index contributed by atoms with van der Waals surface area (Å²) >= 11 is 0. The minimum absolute atomic E-state index is 0.100. The Balaban J connectivity index is 1.69. The number of hydrogen-bond acceptors (Lipinski definition) is 7. The number of para-hydroxylation sites is 1. The van der Waals surface area contributed by atoms with Crippen LogP contribution in [0.25, 0.3) is 10.9 Å². The molecule has 0 unspecified atom stereocenters. The molecule has 5 rings (SSSR count). The molecule has 9 nitrogen and oxygen atoms in total. The van der Waals surface area contributed by atoms with Crippen LogP contribution in [0.4, 0.5) is 17.5 Å². The lowest BCUT2D eigenvalue weighted by atomic mass is 10.1. The number of amides is 1. The third kappa shape index (κ3) is 2.72. The summed E-state index contributed by atoms with van der Waals surface area (Å²) in [5.41, 5.74) is 1.56. The summed E-state index contributed by atoms with van der Waals surface area (Å²) in [6.45, 7) is 3.82. The van der Waals surface area contributed by atoms with Gasteiger partial charge in [0, 0.05) is 38.9 Å². The highest BCUT2D eigenvalue weighted by Gasteiger charge is 2.38. The largest absolute Gasteiger partial charge is 0.357 e. The lowest BCUT2D eigenvalue weighted by molar-refractivity contribution is 0.0988. The topological polar surface area (TPSA) is 96.2 Å². The van der Waals surface area contributed by atoms with Crippen molar-refractivity contribution in [3.63, 3.8) is 0 Å². The van der Waals surface area contributed by atoms with Crippen molar-refractivity contribution in [2.45, 2.75) is 32.4 Å². The Hall–Kier alpha value is -3.49. The van der Waals surface area contributed by atoms with Crippen molar-refractivity contribution in [2.24, 2.45) is 0 Å². The first-order valence-electron chi connectivity index (χ1n) is 10.2. The van der Waals surface area contributed by atoms with E-state index in [4.69, 9.17) is 0 Å². The van der Waals surface area contributed by atoms with Gasteiger partial charge in [-0.2, -0.15) is 4.98 Å². The molecule has 1 aromatic carbocycles. The van der Waals surface area contributed by atoms with Gasteiger partial charge in [0.1, 0.15) is 16.9 Å². The number of fused-ring (bicyclic) bond motifs is 4. The van der Waals surface area contributed by atoms with Gasteiger partial charge in [0.25, 0.3) is 11.5 Å². The molecular formula is C21H23N7O2. The highest BCUT2D eigenvalue weighted by atomic mass is 16.2. The maximum Gasteiger partial charge on any atom is 0.263 e. The quantitative estimate of drug-likeness (QED) is 0.711. The van der Waals surface area contributed by atoms with Crippen LogP contribution in [-0.2, 0) is 6.54 Å². The van der Waals surface area contributed by atoms with Crippen LogP contribution in [0, 0.1) is 0 Å². The van der Waals surface area contributed by atoms with Crippen LogP contribution in [0.3, 0.4) is 0 Å². The summed E-state index contributed by atoms with van der Waals surface area (Å²) < 4.78 is 1.57. The van der Waals surface area contributed by atoms with Gasteiger partial charge in [-0.25, -0.2) is 9.97 Å². The smallest absolute Gasteiger partial charge is 0.263 e. The molecule has 1 N–H and O–H groups in total. The Morgan fingerprint density at radius 1 is 1.23 bits per heavy atom. The summed E-state index contributed by atoms with van der Waals surface area (Å²) in [7, 11) is 1.76. The van der Waals surface area contributed by atoms with Crippen molar-refractivity contribution in [1.29, 1.82) is 0 Å². The van der Waals surface area contributed by atoms with Crippen LogP contribution >= 0.6 is 0 Å². The predicted molar refractivity (Wildman–Crippen MR) is 115 cm³/mol. The summed E-state index contributed by atoms with van der Waals surface area (Å²) in [4.78, 5) is 43.7. The summed E-state index contributed by atoms with van der Waals surface area (Å²) in [5, 5.41) is 3.47. The number of nitrogens with zero attached hydrogens (tertiary/aromatic N) is 6. The number of nitrogens with one attached hydrogen (secondary N) is 1. The zero-order valence-electron chi connectivity index (χ0n) is 17.0. The Morgan fingerprint density at radius 2 is 2.10 bits per heavy atom. The van der Waals surface area contributed by atoms with Crippen molar-refractivity contribution in [3.05, 3.63) is 46.6 Å². The van der Waals surface area contributed by atoms with Crippen LogP contribution in [0.15, 0.2) is 35.5 Å². The first kappa shape index (κ1) is 18.5. The van der Waals surface area contributed by atoms with Gasteiger partial charge in [0.15, 0.2) is 0 Å². The Morgan fingerprint density at radius 3 is 2.90 bits per heavy atom. The van der Waals surface area contributed by atoms with E-state index in [-0.39, 0.29) is 17.5 Å². The molecule has 0 saturated carbocycles. The second-order valence-electron chi connectivity index (χ2n) is 7.60. The normalized spacial score (nSPS) is 18.3. The average molecular weight is 405 g/mol. The van der Waals surface area contributed by atoms with Crippen LogP contribution in [0.5, 0.6) is 0 Å². The molecule has 1 fully saturated rings. The zero-order chi connectivity index (χ0) is 20.8. The molecule has 1 saturated heterocycles. The summed E-state index contributed by atoms with van der Waals surface area (Å²) in [5.74, 6) is 0.995. The fraction of sp³-hybridized carbons (Fsp3) is 0.381.